The van der Waals surface area contributed by atoms with Gasteiger partial charge in [-0.05, 0) is 62.2 Å². The molecule has 45 heavy (non-hydrogen) atoms. The molecule has 1 aliphatic carbocycles. The molecule has 1 aliphatic heterocycles. The number of aliphatic hydroxyl groups is 1. The van der Waals surface area contributed by atoms with Gasteiger partial charge in [-0.2, -0.15) is 13.2 Å². The average Bonchev–Trinajstić information content (AvgIpc) is 3.04. The number of amides is 5. The van der Waals surface area contributed by atoms with E-state index in [1.165, 1.54) is 6.42 Å². The van der Waals surface area contributed by atoms with Gasteiger partial charge in [0.05, 0.1) is 31.2 Å². The van der Waals surface area contributed by atoms with Crippen LogP contribution in [0.5, 0.6) is 5.75 Å². The van der Waals surface area contributed by atoms with Crippen molar-refractivity contribution in [2.75, 3.05) is 37.4 Å². The Bertz CT molecular complexity index is 1330. The van der Waals surface area contributed by atoms with Crippen molar-refractivity contribution in [1.29, 1.82) is 0 Å². The summed E-state index contributed by atoms with van der Waals surface area (Å²) in [6, 6.07) is 7.74. The maximum atomic E-state index is 13.5. The number of hydrogen-bond acceptors (Lipinski definition) is 5. The molecule has 4 rings (SSSR count). The number of likely N-dealkylation sites (N-methyl/N-ethyl adjacent to an activating group) is 1. The van der Waals surface area contributed by atoms with Gasteiger partial charge in [0.15, 0.2) is 0 Å². The van der Waals surface area contributed by atoms with E-state index < -0.39 is 29.9 Å². The molecule has 3 atom stereocenters. The number of carbonyl (C=O) groups is 3. The fourth-order valence-corrected chi connectivity index (χ4v) is 5.65. The number of anilines is 2. The van der Waals surface area contributed by atoms with Crippen molar-refractivity contribution in [2.24, 2.45) is 5.92 Å². The SMILES string of the molecule is C[C@@H]1CN([C@@H](C)CO)C(=O)Cc2cc(NC(=O)Nc3ccc(C(F)(F)F)cc3)ccc2O[C@H]1CN(C)C(=O)NC1CCCCC1. The molecule has 246 valence electrons. The lowest BCUT2D eigenvalue weighted by atomic mass is 9.96. The van der Waals surface area contributed by atoms with E-state index in [0.717, 1.165) is 49.9 Å². The Kier molecular flexibility index (Phi) is 11.2. The van der Waals surface area contributed by atoms with Crippen LogP contribution in [0.2, 0.25) is 0 Å². The zero-order valence-electron chi connectivity index (χ0n) is 25.8. The minimum absolute atomic E-state index is 0.0623. The molecule has 13 heteroatoms. The predicted molar refractivity (Wildman–Crippen MR) is 164 cm³/mol. The standard InChI is InChI=1S/C32H42F3N5O5/c1-20-17-40(21(2)19-41)29(42)16-22-15-26(37-30(43)36-25-11-9-23(10-12-25)32(33,34)35)13-14-27(22)45-28(20)18-39(3)31(44)38-24-7-5-4-6-8-24/h9-15,20-21,24,28,41H,4-8,16-19H2,1-3H3,(H,38,44)(H2,36,37,43)/t20-,21+,28+/m1/s1. The Morgan fingerprint density at radius 2 is 1.71 bits per heavy atom. The molecule has 0 unspecified atom stereocenters. The van der Waals surface area contributed by atoms with E-state index in [1.54, 1.807) is 42.0 Å². The maximum Gasteiger partial charge on any atom is 0.416 e. The van der Waals surface area contributed by atoms with E-state index >= 15 is 0 Å². The third-order valence-electron chi connectivity index (χ3n) is 8.38. The second kappa shape index (κ2) is 14.9. The van der Waals surface area contributed by atoms with Crippen LogP contribution in [0.4, 0.5) is 34.1 Å². The molecule has 1 fully saturated rings. The van der Waals surface area contributed by atoms with Crippen LogP contribution in [0, 0.1) is 5.92 Å². The van der Waals surface area contributed by atoms with Crippen molar-refractivity contribution in [3.05, 3.63) is 53.6 Å². The normalized spacial score (nSPS) is 20.1. The summed E-state index contributed by atoms with van der Waals surface area (Å²) in [5.41, 5.74) is 0.174. The molecule has 0 bridgehead atoms. The Labute approximate surface area is 261 Å². The molecule has 2 aromatic rings. The third-order valence-corrected chi connectivity index (χ3v) is 8.38. The Hall–Kier alpha value is -4.00. The molecule has 5 amide bonds. The summed E-state index contributed by atoms with van der Waals surface area (Å²) in [6.45, 7) is 4.02. The van der Waals surface area contributed by atoms with Gasteiger partial charge < -0.3 is 35.6 Å². The van der Waals surface area contributed by atoms with E-state index in [0.29, 0.717) is 23.5 Å². The number of halogens is 3. The number of benzene rings is 2. The van der Waals surface area contributed by atoms with Gasteiger partial charge in [-0.1, -0.05) is 26.2 Å². The van der Waals surface area contributed by atoms with Crippen molar-refractivity contribution >= 4 is 29.3 Å². The van der Waals surface area contributed by atoms with Gasteiger partial charge >= 0.3 is 18.2 Å². The summed E-state index contributed by atoms with van der Waals surface area (Å²) in [5.74, 6) is -0.0108. The smallest absolute Gasteiger partial charge is 0.416 e. The first-order valence-corrected chi connectivity index (χ1v) is 15.3. The second-order valence-corrected chi connectivity index (χ2v) is 12.0. The van der Waals surface area contributed by atoms with Crippen molar-refractivity contribution in [3.63, 3.8) is 0 Å². The first kappa shape index (κ1) is 33.9. The van der Waals surface area contributed by atoms with Crippen LogP contribution in [0.3, 0.4) is 0 Å². The Balaban J connectivity index is 1.51. The van der Waals surface area contributed by atoms with Crippen molar-refractivity contribution < 1.29 is 37.4 Å². The van der Waals surface area contributed by atoms with E-state index in [4.69, 9.17) is 4.74 Å². The van der Waals surface area contributed by atoms with E-state index in [2.05, 4.69) is 16.0 Å². The third kappa shape index (κ3) is 9.25. The summed E-state index contributed by atoms with van der Waals surface area (Å²) in [7, 11) is 1.71. The van der Waals surface area contributed by atoms with E-state index in [1.807, 2.05) is 6.92 Å². The van der Waals surface area contributed by atoms with Crippen LogP contribution < -0.4 is 20.7 Å². The van der Waals surface area contributed by atoms with Crippen LogP contribution in [-0.2, 0) is 17.4 Å². The van der Waals surface area contributed by atoms with E-state index in [9.17, 15) is 32.7 Å². The highest BCUT2D eigenvalue weighted by Crippen LogP contribution is 2.31. The molecule has 0 spiro atoms. The van der Waals surface area contributed by atoms with Crippen LogP contribution in [0.15, 0.2) is 42.5 Å². The average molecular weight is 634 g/mol. The molecule has 0 aromatic heterocycles. The number of rotatable bonds is 7. The number of alkyl halides is 3. The topological polar surface area (TPSA) is 123 Å². The van der Waals surface area contributed by atoms with Crippen molar-refractivity contribution in [2.45, 2.75) is 76.7 Å². The number of hydrogen-bond donors (Lipinski definition) is 4. The molecule has 10 nitrogen and oxygen atoms in total. The molecule has 1 heterocycles. The molecule has 2 aliphatic rings. The predicted octanol–water partition coefficient (Wildman–Crippen LogP) is 5.47. The zero-order chi connectivity index (χ0) is 32.7. The molecule has 2 aromatic carbocycles. The molecular formula is C32H42F3N5O5. The lowest BCUT2D eigenvalue weighted by Gasteiger charge is -2.34. The van der Waals surface area contributed by atoms with Gasteiger partial charge in [0.25, 0.3) is 0 Å². The van der Waals surface area contributed by atoms with Crippen molar-refractivity contribution in [3.8, 4) is 5.75 Å². The van der Waals surface area contributed by atoms with Crippen molar-refractivity contribution in [1.82, 2.24) is 15.1 Å². The fourth-order valence-electron chi connectivity index (χ4n) is 5.65. The van der Waals surface area contributed by atoms with Gasteiger partial charge in [0.2, 0.25) is 5.91 Å². The molecule has 4 N–H and O–H groups in total. The number of urea groups is 2. The van der Waals surface area contributed by atoms with Crippen LogP contribution in [-0.4, -0.2) is 77.8 Å². The van der Waals surface area contributed by atoms with Crippen LogP contribution in [0.25, 0.3) is 0 Å². The quantitative estimate of drug-likeness (QED) is 0.322. The summed E-state index contributed by atoms with van der Waals surface area (Å²) < 4.78 is 45.1. The number of carbonyl (C=O) groups excluding carboxylic acids is 3. The van der Waals surface area contributed by atoms with Gasteiger partial charge in [-0.25, -0.2) is 9.59 Å². The Morgan fingerprint density at radius 3 is 2.36 bits per heavy atom. The summed E-state index contributed by atoms with van der Waals surface area (Å²) in [5, 5.41) is 18.1. The van der Waals surface area contributed by atoms with E-state index in [-0.39, 0.29) is 49.2 Å². The molecule has 1 saturated carbocycles. The lowest BCUT2D eigenvalue weighted by Crippen LogP contribution is -2.50. The monoisotopic (exact) mass is 633 g/mol. The molecule has 0 saturated heterocycles. The number of nitrogens with zero attached hydrogens (tertiary/aromatic N) is 2. The fraction of sp³-hybridized carbons (Fsp3) is 0.531. The number of fused-ring (bicyclic) bond motifs is 1. The van der Waals surface area contributed by atoms with Gasteiger partial charge in [0.1, 0.15) is 11.9 Å². The lowest BCUT2D eigenvalue weighted by molar-refractivity contribution is -0.137. The number of nitrogens with one attached hydrogen (secondary N) is 3. The van der Waals surface area contributed by atoms with Crippen LogP contribution >= 0.6 is 0 Å². The minimum Gasteiger partial charge on any atom is -0.488 e. The number of ether oxygens (including phenoxy) is 1. The minimum atomic E-state index is -4.49. The van der Waals surface area contributed by atoms with Gasteiger partial charge in [0, 0.05) is 42.5 Å². The summed E-state index contributed by atoms with van der Waals surface area (Å²) in [4.78, 5) is 42.4. The summed E-state index contributed by atoms with van der Waals surface area (Å²) in [6.07, 6.45) is 0.231. The van der Waals surface area contributed by atoms with Gasteiger partial charge in [-0.15, -0.1) is 0 Å². The highest BCUT2D eigenvalue weighted by molar-refractivity contribution is 6.00. The second-order valence-electron chi connectivity index (χ2n) is 12.0. The molecule has 0 radical (unpaired) electrons. The Morgan fingerprint density at radius 1 is 1.07 bits per heavy atom. The summed E-state index contributed by atoms with van der Waals surface area (Å²) >= 11 is 0. The highest BCUT2D eigenvalue weighted by atomic mass is 19.4. The maximum absolute atomic E-state index is 13.5. The molecular weight excluding hydrogens is 591 g/mol. The first-order valence-electron chi connectivity index (χ1n) is 15.3. The largest absolute Gasteiger partial charge is 0.488 e. The van der Waals surface area contributed by atoms with Crippen LogP contribution in [0.1, 0.15) is 57.1 Å². The van der Waals surface area contributed by atoms with Gasteiger partial charge in [-0.3, -0.25) is 4.79 Å². The zero-order valence-corrected chi connectivity index (χ0v) is 25.8. The first-order chi connectivity index (χ1) is 21.3. The number of aliphatic hydroxyl groups excluding tert-OH is 1. The highest BCUT2D eigenvalue weighted by Gasteiger charge is 2.33.